The highest BCUT2D eigenvalue weighted by molar-refractivity contribution is 4.85. The van der Waals surface area contributed by atoms with E-state index in [1.165, 1.54) is 32.1 Å². The standard InChI is InChI=1S/C12H22O/c1-11(2)10-13-12-8-6-4-3-5-7-9-12/h3-4,11-12H,5-10H2,1-2H3. The van der Waals surface area contributed by atoms with Gasteiger partial charge in [-0.2, -0.15) is 0 Å². The summed E-state index contributed by atoms with van der Waals surface area (Å²) < 4.78 is 5.85. The van der Waals surface area contributed by atoms with E-state index < -0.39 is 0 Å². The maximum absolute atomic E-state index is 5.85. The van der Waals surface area contributed by atoms with Gasteiger partial charge in [-0.1, -0.05) is 26.0 Å². The molecule has 13 heavy (non-hydrogen) atoms. The van der Waals surface area contributed by atoms with E-state index in [9.17, 15) is 0 Å². The van der Waals surface area contributed by atoms with Gasteiger partial charge in [0.1, 0.15) is 0 Å². The first kappa shape index (κ1) is 10.8. The van der Waals surface area contributed by atoms with Gasteiger partial charge >= 0.3 is 0 Å². The molecule has 1 aliphatic rings. The zero-order valence-electron chi connectivity index (χ0n) is 8.96. The van der Waals surface area contributed by atoms with Crippen molar-refractivity contribution in [1.82, 2.24) is 0 Å². The molecule has 1 nitrogen and oxygen atoms in total. The third-order valence-electron chi connectivity index (χ3n) is 2.38. The van der Waals surface area contributed by atoms with Crippen LogP contribution in [0.15, 0.2) is 12.2 Å². The van der Waals surface area contributed by atoms with Crippen LogP contribution < -0.4 is 0 Å². The van der Waals surface area contributed by atoms with Gasteiger partial charge in [0.15, 0.2) is 0 Å². The van der Waals surface area contributed by atoms with Crippen LogP contribution in [0.4, 0.5) is 0 Å². The zero-order valence-corrected chi connectivity index (χ0v) is 8.96. The van der Waals surface area contributed by atoms with Crippen LogP contribution >= 0.6 is 0 Å². The summed E-state index contributed by atoms with van der Waals surface area (Å²) in [6.07, 6.45) is 11.3. The van der Waals surface area contributed by atoms with E-state index in [4.69, 9.17) is 4.74 Å². The Labute approximate surface area is 82.2 Å². The monoisotopic (exact) mass is 182 g/mol. The topological polar surface area (TPSA) is 9.23 Å². The highest BCUT2D eigenvalue weighted by Gasteiger charge is 2.09. The molecule has 76 valence electrons. The third kappa shape index (κ3) is 5.09. The molecular weight excluding hydrogens is 160 g/mol. The lowest BCUT2D eigenvalue weighted by Gasteiger charge is -2.19. The maximum atomic E-state index is 5.85. The summed E-state index contributed by atoms with van der Waals surface area (Å²) in [5.74, 6) is 0.668. The number of hydrogen-bond acceptors (Lipinski definition) is 1. The Morgan fingerprint density at radius 1 is 1.23 bits per heavy atom. The van der Waals surface area contributed by atoms with Gasteiger partial charge < -0.3 is 4.74 Å². The van der Waals surface area contributed by atoms with Crippen LogP contribution in [0.2, 0.25) is 0 Å². The summed E-state index contributed by atoms with van der Waals surface area (Å²) >= 11 is 0. The average Bonchev–Trinajstić information content (AvgIpc) is 2.01. The van der Waals surface area contributed by atoms with E-state index in [-0.39, 0.29) is 0 Å². The van der Waals surface area contributed by atoms with E-state index in [0.717, 1.165) is 6.61 Å². The van der Waals surface area contributed by atoms with Crippen LogP contribution in [0.3, 0.4) is 0 Å². The van der Waals surface area contributed by atoms with Gasteiger partial charge in [0, 0.05) is 6.61 Å². The van der Waals surface area contributed by atoms with Crippen molar-refractivity contribution in [3.8, 4) is 0 Å². The summed E-state index contributed by atoms with van der Waals surface area (Å²) in [4.78, 5) is 0. The summed E-state index contributed by atoms with van der Waals surface area (Å²) in [7, 11) is 0. The SMILES string of the molecule is CC(C)COC1CCC=CCCC1. The van der Waals surface area contributed by atoms with Crippen LogP contribution in [0, 0.1) is 5.92 Å². The van der Waals surface area contributed by atoms with E-state index in [1.807, 2.05) is 0 Å². The zero-order chi connectivity index (χ0) is 9.52. The Morgan fingerprint density at radius 3 is 2.77 bits per heavy atom. The molecule has 0 saturated heterocycles. The highest BCUT2D eigenvalue weighted by Crippen LogP contribution is 2.16. The lowest BCUT2D eigenvalue weighted by Crippen LogP contribution is -2.16. The van der Waals surface area contributed by atoms with Gasteiger partial charge in [0.05, 0.1) is 6.10 Å². The van der Waals surface area contributed by atoms with Crippen molar-refractivity contribution in [2.75, 3.05) is 6.61 Å². The van der Waals surface area contributed by atoms with Crippen molar-refractivity contribution in [3.63, 3.8) is 0 Å². The van der Waals surface area contributed by atoms with Crippen molar-refractivity contribution >= 4 is 0 Å². The smallest absolute Gasteiger partial charge is 0.0578 e. The normalized spacial score (nSPS) is 24.4. The summed E-state index contributed by atoms with van der Waals surface area (Å²) in [5.41, 5.74) is 0. The lowest BCUT2D eigenvalue weighted by molar-refractivity contribution is 0.0245. The average molecular weight is 182 g/mol. The fourth-order valence-corrected chi connectivity index (χ4v) is 1.62. The number of hydrogen-bond donors (Lipinski definition) is 0. The van der Waals surface area contributed by atoms with Crippen molar-refractivity contribution in [1.29, 1.82) is 0 Å². The molecule has 0 aromatic carbocycles. The summed E-state index contributed by atoms with van der Waals surface area (Å²) in [5, 5.41) is 0. The van der Waals surface area contributed by atoms with E-state index in [0.29, 0.717) is 12.0 Å². The molecule has 0 radical (unpaired) electrons. The van der Waals surface area contributed by atoms with Crippen molar-refractivity contribution in [3.05, 3.63) is 12.2 Å². The molecule has 1 rings (SSSR count). The van der Waals surface area contributed by atoms with Crippen LogP contribution in [-0.2, 0) is 4.74 Å². The Morgan fingerprint density at radius 2 is 2.00 bits per heavy atom. The predicted molar refractivity (Wildman–Crippen MR) is 56.8 cm³/mol. The number of rotatable bonds is 3. The number of ether oxygens (including phenoxy) is 1. The molecular formula is C12H22O. The first-order valence-electron chi connectivity index (χ1n) is 5.55. The Bertz CT molecular complexity index is 149. The fraction of sp³-hybridized carbons (Fsp3) is 0.833. The Hall–Kier alpha value is -0.300. The molecule has 0 aromatic heterocycles. The highest BCUT2D eigenvalue weighted by atomic mass is 16.5. The molecule has 1 heteroatoms. The second-order valence-electron chi connectivity index (χ2n) is 4.33. The largest absolute Gasteiger partial charge is 0.378 e. The van der Waals surface area contributed by atoms with Crippen LogP contribution in [0.5, 0.6) is 0 Å². The second kappa shape index (κ2) is 6.20. The van der Waals surface area contributed by atoms with E-state index in [1.54, 1.807) is 0 Å². The molecule has 0 saturated carbocycles. The number of allylic oxidation sites excluding steroid dienone is 2. The summed E-state index contributed by atoms with van der Waals surface area (Å²) in [6.45, 7) is 5.35. The molecule has 0 N–H and O–H groups in total. The van der Waals surface area contributed by atoms with Gasteiger partial charge in [-0.25, -0.2) is 0 Å². The van der Waals surface area contributed by atoms with Crippen molar-refractivity contribution < 1.29 is 4.74 Å². The predicted octanol–water partition coefficient (Wildman–Crippen LogP) is 3.55. The van der Waals surface area contributed by atoms with Crippen molar-refractivity contribution in [2.24, 2.45) is 5.92 Å². The molecule has 0 spiro atoms. The Balaban J connectivity index is 2.19. The molecule has 1 atom stereocenters. The van der Waals surface area contributed by atoms with Gasteiger partial charge in [-0.05, 0) is 38.0 Å². The minimum atomic E-state index is 0.521. The molecule has 0 fully saturated rings. The Kier molecular flexibility index (Phi) is 5.14. The minimum Gasteiger partial charge on any atom is -0.378 e. The fourth-order valence-electron chi connectivity index (χ4n) is 1.62. The maximum Gasteiger partial charge on any atom is 0.0578 e. The van der Waals surface area contributed by atoms with Gasteiger partial charge in [-0.15, -0.1) is 0 Å². The summed E-state index contributed by atoms with van der Waals surface area (Å²) in [6, 6.07) is 0. The quantitative estimate of drug-likeness (QED) is 0.606. The van der Waals surface area contributed by atoms with Crippen LogP contribution in [-0.4, -0.2) is 12.7 Å². The van der Waals surface area contributed by atoms with Crippen molar-refractivity contribution in [2.45, 2.75) is 52.1 Å². The second-order valence-corrected chi connectivity index (χ2v) is 4.33. The van der Waals surface area contributed by atoms with Gasteiger partial charge in [-0.3, -0.25) is 0 Å². The molecule has 0 bridgehead atoms. The lowest BCUT2D eigenvalue weighted by atomic mass is 10.0. The molecule has 1 aliphatic carbocycles. The van der Waals surface area contributed by atoms with Crippen LogP contribution in [0.25, 0.3) is 0 Å². The molecule has 0 aromatic rings. The van der Waals surface area contributed by atoms with E-state index in [2.05, 4.69) is 26.0 Å². The van der Waals surface area contributed by atoms with Crippen LogP contribution in [0.1, 0.15) is 46.0 Å². The first-order chi connectivity index (χ1) is 6.29. The van der Waals surface area contributed by atoms with E-state index >= 15 is 0 Å². The molecule has 0 amide bonds. The first-order valence-corrected chi connectivity index (χ1v) is 5.55. The molecule has 0 heterocycles. The van der Waals surface area contributed by atoms with Gasteiger partial charge in [0.2, 0.25) is 0 Å². The molecule has 1 unspecified atom stereocenters. The minimum absolute atomic E-state index is 0.521. The van der Waals surface area contributed by atoms with Gasteiger partial charge in [0.25, 0.3) is 0 Å². The third-order valence-corrected chi connectivity index (χ3v) is 2.38. The molecule has 0 aliphatic heterocycles.